The van der Waals surface area contributed by atoms with Gasteiger partial charge in [0.2, 0.25) is 0 Å². The van der Waals surface area contributed by atoms with Crippen molar-refractivity contribution in [1.29, 1.82) is 0 Å². The molecule has 0 aromatic carbocycles. The van der Waals surface area contributed by atoms with Crippen molar-refractivity contribution in [2.75, 3.05) is 26.2 Å². The van der Waals surface area contributed by atoms with Crippen LogP contribution >= 0.6 is 0 Å². The number of nitrogens with two attached hydrogens (primary N) is 1. The maximum atomic E-state index is 11.9. The van der Waals surface area contributed by atoms with Crippen molar-refractivity contribution in [3.8, 4) is 0 Å². The molecule has 1 fully saturated rings. The summed E-state index contributed by atoms with van der Waals surface area (Å²) in [7, 11) is 0. The van der Waals surface area contributed by atoms with Crippen LogP contribution in [0.3, 0.4) is 0 Å². The van der Waals surface area contributed by atoms with E-state index in [0.29, 0.717) is 25.6 Å². The molecule has 1 rings (SSSR count). The number of rotatable bonds is 3. The number of piperidine rings is 1. The minimum Gasteiger partial charge on any atom is -0.444 e. The lowest BCUT2D eigenvalue weighted by molar-refractivity contribution is 0.00369. The summed E-state index contributed by atoms with van der Waals surface area (Å²) in [5.41, 5.74) is 5.07. The molecule has 0 spiro atoms. The smallest absolute Gasteiger partial charge is 0.410 e. The van der Waals surface area contributed by atoms with Crippen LogP contribution in [0.25, 0.3) is 0 Å². The van der Waals surface area contributed by atoms with Gasteiger partial charge in [0.05, 0.1) is 0 Å². The van der Waals surface area contributed by atoms with Crippen LogP contribution in [-0.4, -0.2) is 47.9 Å². The summed E-state index contributed by atoms with van der Waals surface area (Å²) in [5.74, 6) is 0.362. The highest BCUT2D eigenvalue weighted by Crippen LogP contribution is 2.34. The molecule has 0 aromatic heterocycles. The van der Waals surface area contributed by atoms with E-state index in [0.717, 1.165) is 12.8 Å². The Hall–Kier alpha value is -0.810. The van der Waals surface area contributed by atoms with Gasteiger partial charge >= 0.3 is 6.09 Å². The van der Waals surface area contributed by atoms with Crippen molar-refractivity contribution in [3.63, 3.8) is 0 Å². The van der Waals surface area contributed by atoms with Gasteiger partial charge in [-0.25, -0.2) is 4.79 Å². The number of nitrogens with zero attached hydrogens (tertiary/aromatic N) is 1. The van der Waals surface area contributed by atoms with Gasteiger partial charge in [0.1, 0.15) is 5.60 Å². The summed E-state index contributed by atoms with van der Waals surface area (Å²) in [6.07, 6.45) is 1.49. The zero-order chi connectivity index (χ0) is 14.7. The lowest BCUT2D eigenvalue weighted by atomic mass is 9.73. The summed E-state index contributed by atoms with van der Waals surface area (Å²) in [5, 5.41) is 9.48. The highest BCUT2D eigenvalue weighted by Gasteiger charge is 2.36. The van der Waals surface area contributed by atoms with Gasteiger partial charge in [0.15, 0.2) is 0 Å². The summed E-state index contributed by atoms with van der Waals surface area (Å²) >= 11 is 0. The van der Waals surface area contributed by atoms with Gasteiger partial charge in [-0.15, -0.1) is 0 Å². The average molecular weight is 272 g/mol. The molecule has 1 atom stereocenters. The third kappa shape index (κ3) is 4.35. The number of hydrogen-bond acceptors (Lipinski definition) is 4. The highest BCUT2D eigenvalue weighted by atomic mass is 16.6. The highest BCUT2D eigenvalue weighted by molar-refractivity contribution is 5.68. The van der Waals surface area contributed by atoms with Crippen LogP contribution in [0.5, 0.6) is 0 Å². The molecule has 1 amide bonds. The molecule has 1 saturated heterocycles. The minimum absolute atomic E-state index is 0.0978. The Kier molecular flexibility index (Phi) is 5.21. The minimum atomic E-state index is -0.454. The van der Waals surface area contributed by atoms with E-state index in [2.05, 4.69) is 0 Å². The van der Waals surface area contributed by atoms with Crippen molar-refractivity contribution in [3.05, 3.63) is 0 Å². The topological polar surface area (TPSA) is 75.8 Å². The van der Waals surface area contributed by atoms with Crippen LogP contribution in [0.4, 0.5) is 4.79 Å². The number of aliphatic hydroxyl groups excluding tert-OH is 1. The van der Waals surface area contributed by atoms with Crippen LogP contribution in [0.15, 0.2) is 0 Å². The van der Waals surface area contributed by atoms with Crippen LogP contribution in [0, 0.1) is 11.3 Å². The number of hydrogen-bond donors (Lipinski definition) is 2. The third-order valence-corrected chi connectivity index (χ3v) is 3.96. The standard InChI is InChI=1S/C14H28N2O3/c1-13(2,3)19-12(18)16-7-5-11(6-8-16)14(4,9-15)10-17/h11,17H,5-10,15H2,1-4H3. The first-order chi connectivity index (χ1) is 8.72. The summed E-state index contributed by atoms with van der Waals surface area (Å²) < 4.78 is 5.36. The summed E-state index contributed by atoms with van der Waals surface area (Å²) in [6.45, 7) is 9.55. The van der Waals surface area contributed by atoms with E-state index in [9.17, 15) is 9.90 Å². The largest absolute Gasteiger partial charge is 0.444 e. The Balaban J connectivity index is 2.51. The number of carbonyl (C=O) groups is 1. The van der Waals surface area contributed by atoms with E-state index in [1.165, 1.54) is 0 Å². The molecule has 0 aliphatic carbocycles. The number of aliphatic hydroxyl groups is 1. The number of likely N-dealkylation sites (tertiary alicyclic amines) is 1. The number of ether oxygens (including phenoxy) is 1. The molecule has 0 saturated carbocycles. The average Bonchev–Trinajstić information content (AvgIpc) is 2.36. The van der Waals surface area contributed by atoms with E-state index in [1.807, 2.05) is 27.7 Å². The Morgan fingerprint density at radius 1 is 1.32 bits per heavy atom. The maximum absolute atomic E-state index is 11.9. The monoisotopic (exact) mass is 272 g/mol. The molecule has 5 nitrogen and oxygen atoms in total. The van der Waals surface area contributed by atoms with E-state index in [-0.39, 0.29) is 18.1 Å². The fourth-order valence-electron chi connectivity index (χ4n) is 2.45. The van der Waals surface area contributed by atoms with Crippen LogP contribution in [0.1, 0.15) is 40.5 Å². The molecule has 0 aromatic rings. The quantitative estimate of drug-likeness (QED) is 0.818. The molecule has 3 N–H and O–H groups in total. The van der Waals surface area contributed by atoms with Crippen molar-refractivity contribution in [1.82, 2.24) is 4.90 Å². The van der Waals surface area contributed by atoms with E-state index >= 15 is 0 Å². The fraction of sp³-hybridized carbons (Fsp3) is 0.929. The second-order valence-corrected chi connectivity index (χ2v) is 6.76. The first kappa shape index (κ1) is 16.2. The lowest BCUT2D eigenvalue weighted by Crippen LogP contribution is -2.47. The molecular formula is C14H28N2O3. The van der Waals surface area contributed by atoms with Gasteiger partial charge < -0.3 is 20.5 Å². The first-order valence-electron chi connectivity index (χ1n) is 7.01. The molecule has 0 radical (unpaired) electrons. The van der Waals surface area contributed by atoms with Gasteiger partial charge in [0, 0.05) is 31.7 Å². The van der Waals surface area contributed by atoms with Crippen LogP contribution in [0.2, 0.25) is 0 Å². The maximum Gasteiger partial charge on any atom is 0.410 e. The van der Waals surface area contributed by atoms with Gasteiger partial charge in [-0.05, 0) is 39.5 Å². The molecule has 1 aliphatic rings. The van der Waals surface area contributed by atoms with Crippen LogP contribution < -0.4 is 5.73 Å². The third-order valence-electron chi connectivity index (χ3n) is 3.96. The number of carbonyl (C=O) groups excluding carboxylic acids is 1. The molecule has 5 heteroatoms. The van der Waals surface area contributed by atoms with Gasteiger partial charge in [-0.3, -0.25) is 0 Å². The zero-order valence-electron chi connectivity index (χ0n) is 12.6. The predicted octanol–water partition coefficient (Wildman–Crippen LogP) is 1.59. The second kappa shape index (κ2) is 6.09. The summed E-state index contributed by atoms with van der Waals surface area (Å²) in [6, 6.07) is 0. The van der Waals surface area contributed by atoms with E-state index < -0.39 is 5.60 Å². The van der Waals surface area contributed by atoms with Gasteiger partial charge in [-0.1, -0.05) is 6.92 Å². The second-order valence-electron chi connectivity index (χ2n) is 6.76. The van der Waals surface area contributed by atoms with Gasteiger partial charge in [-0.2, -0.15) is 0 Å². The molecular weight excluding hydrogens is 244 g/mol. The molecule has 19 heavy (non-hydrogen) atoms. The lowest BCUT2D eigenvalue weighted by Gasteiger charge is -2.41. The van der Waals surface area contributed by atoms with Crippen molar-refractivity contribution in [2.45, 2.75) is 46.1 Å². The van der Waals surface area contributed by atoms with E-state index in [1.54, 1.807) is 4.90 Å². The fourth-order valence-corrected chi connectivity index (χ4v) is 2.45. The van der Waals surface area contributed by atoms with Gasteiger partial charge in [0.25, 0.3) is 0 Å². The molecule has 0 bridgehead atoms. The molecule has 1 aliphatic heterocycles. The molecule has 1 heterocycles. The first-order valence-corrected chi connectivity index (χ1v) is 7.01. The Morgan fingerprint density at radius 3 is 2.21 bits per heavy atom. The predicted molar refractivity (Wildman–Crippen MR) is 74.8 cm³/mol. The Morgan fingerprint density at radius 2 is 1.84 bits per heavy atom. The SMILES string of the molecule is CC(C)(C)OC(=O)N1CCC(C(C)(CN)CO)CC1. The summed E-state index contributed by atoms with van der Waals surface area (Å²) in [4.78, 5) is 13.7. The Bertz CT molecular complexity index is 300. The normalized spacial score (nSPS) is 21.1. The zero-order valence-corrected chi connectivity index (χ0v) is 12.6. The van der Waals surface area contributed by atoms with Crippen molar-refractivity contribution < 1.29 is 14.6 Å². The van der Waals surface area contributed by atoms with Crippen molar-refractivity contribution >= 4 is 6.09 Å². The van der Waals surface area contributed by atoms with Crippen molar-refractivity contribution in [2.24, 2.45) is 17.1 Å². The Labute approximate surface area is 116 Å². The van der Waals surface area contributed by atoms with Crippen LogP contribution in [-0.2, 0) is 4.74 Å². The van der Waals surface area contributed by atoms with E-state index in [4.69, 9.17) is 10.5 Å². The molecule has 112 valence electrons. The molecule has 1 unspecified atom stereocenters. The number of amides is 1.